The van der Waals surface area contributed by atoms with Gasteiger partial charge in [0.15, 0.2) is 0 Å². The summed E-state index contributed by atoms with van der Waals surface area (Å²) in [6, 6.07) is 0. The summed E-state index contributed by atoms with van der Waals surface area (Å²) in [6.45, 7) is 4.20. The highest BCUT2D eigenvalue weighted by atomic mass is 14.7. The molecule has 1 atom stereocenters. The Hall–Kier alpha value is -0.850. The van der Waals surface area contributed by atoms with Crippen molar-refractivity contribution in [2.75, 3.05) is 0 Å². The summed E-state index contributed by atoms with van der Waals surface area (Å²) in [5.74, 6) is 0.632. The number of hydrogen-bond acceptors (Lipinski definition) is 1. The molecule has 0 amide bonds. The lowest BCUT2D eigenvalue weighted by molar-refractivity contribution is 0.742. The van der Waals surface area contributed by atoms with Crippen molar-refractivity contribution in [3.05, 3.63) is 24.4 Å². The molecule has 0 fully saturated rings. The zero-order chi connectivity index (χ0) is 7.40. The summed E-state index contributed by atoms with van der Waals surface area (Å²) in [5.41, 5.74) is 1.09. The van der Waals surface area contributed by atoms with Gasteiger partial charge in [-0.2, -0.15) is 0 Å². The Bertz CT molecular complexity index is 187. The lowest BCUT2D eigenvalue weighted by Gasteiger charge is -2.01. The first-order chi connectivity index (χ1) is 4.79. The quantitative estimate of drug-likeness (QED) is 0.484. The summed E-state index contributed by atoms with van der Waals surface area (Å²) < 4.78 is 0. The normalized spacial score (nSPS) is 25.4. The van der Waals surface area contributed by atoms with Crippen LogP contribution >= 0.6 is 0 Å². The fourth-order valence-corrected chi connectivity index (χ4v) is 0.882. The SMILES string of the molecule is CC1=NC=CC(C)CC=C1. The lowest BCUT2D eigenvalue weighted by Crippen LogP contribution is -1.91. The van der Waals surface area contributed by atoms with Gasteiger partial charge in [-0.15, -0.1) is 0 Å². The Morgan fingerprint density at radius 3 is 3.20 bits per heavy atom. The first-order valence-corrected chi connectivity index (χ1v) is 3.66. The van der Waals surface area contributed by atoms with Crippen molar-refractivity contribution < 1.29 is 0 Å². The van der Waals surface area contributed by atoms with Crippen LogP contribution in [0.2, 0.25) is 0 Å². The van der Waals surface area contributed by atoms with Gasteiger partial charge in [0.25, 0.3) is 0 Å². The summed E-state index contributed by atoms with van der Waals surface area (Å²) >= 11 is 0. The van der Waals surface area contributed by atoms with E-state index < -0.39 is 0 Å². The van der Waals surface area contributed by atoms with Crippen molar-refractivity contribution in [3.63, 3.8) is 0 Å². The van der Waals surface area contributed by atoms with Crippen molar-refractivity contribution in [2.24, 2.45) is 10.9 Å². The first kappa shape index (κ1) is 7.26. The third-order valence-corrected chi connectivity index (χ3v) is 1.56. The third kappa shape index (κ3) is 2.18. The maximum Gasteiger partial charge on any atom is 0.0369 e. The minimum Gasteiger partial charge on any atom is -0.262 e. The van der Waals surface area contributed by atoms with Crippen LogP contribution in [0.5, 0.6) is 0 Å². The minimum absolute atomic E-state index is 0.632. The smallest absolute Gasteiger partial charge is 0.0369 e. The summed E-state index contributed by atoms with van der Waals surface area (Å²) in [6.07, 6.45) is 9.40. The van der Waals surface area contributed by atoms with Crippen LogP contribution in [0, 0.1) is 5.92 Å². The molecule has 0 spiro atoms. The van der Waals surface area contributed by atoms with Crippen molar-refractivity contribution >= 4 is 5.71 Å². The Morgan fingerprint density at radius 2 is 2.40 bits per heavy atom. The number of aliphatic imine (C=N–C) groups is 1. The number of hydrogen-bond donors (Lipinski definition) is 0. The summed E-state index contributed by atoms with van der Waals surface area (Å²) in [4.78, 5) is 4.18. The van der Waals surface area contributed by atoms with E-state index in [0.29, 0.717) is 5.92 Å². The van der Waals surface area contributed by atoms with Gasteiger partial charge in [0.1, 0.15) is 0 Å². The average molecular weight is 135 g/mol. The maximum absolute atomic E-state index is 4.18. The van der Waals surface area contributed by atoms with Crippen LogP contribution in [0.1, 0.15) is 20.3 Å². The van der Waals surface area contributed by atoms with E-state index in [1.54, 1.807) is 0 Å². The van der Waals surface area contributed by atoms with Gasteiger partial charge in [-0.05, 0) is 25.3 Å². The molecule has 1 heteroatoms. The molecule has 0 saturated carbocycles. The van der Waals surface area contributed by atoms with Crippen molar-refractivity contribution in [2.45, 2.75) is 20.3 Å². The van der Waals surface area contributed by atoms with E-state index in [0.717, 1.165) is 12.1 Å². The topological polar surface area (TPSA) is 12.4 Å². The van der Waals surface area contributed by atoms with Crippen molar-refractivity contribution in [3.8, 4) is 0 Å². The highest BCUT2D eigenvalue weighted by molar-refractivity contribution is 5.93. The second kappa shape index (κ2) is 3.35. The fourth-order valence-electron chi connectivity index (χ4n) is 0.882. The molecule has 0 bridgehead atoms. The molecule has 0 aromatic heterocycles. The average Bonchev–Trinajstić information content (AvgIpc) is 1.84. The molecular formula is C9H13N. The Balaban J connectivity index is 2.70. The third-order valence-electron chi connectivity index (χ3n) is 1.56. The van der Waals surface area contributed by atoms with Gasteiger partial charge in [-0.1, -0.05) is 19.1 Å². The molecule has 1 aliphatic heterocycles. The number of allylic oxidation sites excluding steroid dienone is 3. The molecule has 0 aliphatic carbocycles. The van der Waals surface area contributed by atoms with Crippen LogP contribution in [0.15, 0.2) is 29.4 Å². The molecular weight excluding hydrogens is 122 g/mol. The Labute approximate surface area is 62.2 Å². The van der Waals surface area contributed by atoms with Crippen LogP contribution in [-0.2, 0) is 0 Å². The molecule has 0 aromatic rings. The molecule has 54 valence electrons. The second-order valence-corrected chi connectivity index (χ2v) is 2.73. The highest BCUT2D eigenvalue weighted by Crippen LogP contribution is 2.06. The monoisotopic (exact) mass is 135 g/mol. The van der Waals surface area contributed by atoms with Crippen LogP contribution in [-0.4, -0.2) is 5.71 Å². The summed E-state index contributed by atoms with van der Waals surface area (Å²) in [7, 11) is 0. The predicted molar refractivity (Wildman–Crippen MR) is 45.2 cm³/mol. The van der Waals surface area contributed by atoms with Gasteiger partial charge in [0.2, 0.25) is 0 Å². The number of rotatable bonds is 0. The molecule has 10 heavy (non-hydrogen) atoms. The lowest BCUT2D eigenvalue weighted by atomic mass is 10.1. The molecule has 1 rings (SSSR count). The summed E-state index contributed by atoms with van der Waals surface area (Å²) in [5, 5.41) is 0. The Kier molecular flexibility index (Phi) is 2.43. The maximum atomic E-state index is 4.18. The molecule has 1 nitrogen and oxygen atoms in total. The zero-order valence-electron chi connectivity index (χ0n) is 6.54. The van der Waals surface area contributed by atoms with E-state index in [-0.39, 0.29) is 0 Å². The molecule has 0 N–H and O–H groups in total. The van der Waals surface area contributed by atoms with Gasteiger partial charge in [0.05, 0.1) is 0 Å². The van der Waals surface area contributed by atoms with Gasteiger partial charge >= 0.3 is 0 Å². The van der Waals surface area contributed by atoms with Crippen molar-refractivity contribution in [1.82, 2.24) is 0 Å². The fraction of sp³-hybridized carbons (Fsp3) is 0.444. The van der Waals surface area contributed by atoms with Gasteiger partial charge in [0, 0.05) is 11.9 Å². The first-order valence-electron chi connectivity index (χ1n) is 3.66. The van der Waals surface area contributed by atoms with Crippen LogP contribution < -0.4 is 0 Å². The van der Waals surface area contributed by atoms with E-state index in [9.17, 15) is 0 Å². The van der Waals surface area contributed by atoms with Crippen LogP contribution in [0.4, 0.5) is 0 Å². The van der Waals surface area contributed by atoms with Crippen LogP contribution in [0.3, 0.4) is 0 Å². The van der Waals surface area contributed by atoms with E-state index in [1.165, 1.54) is 0 Å². The minimum atomic E-state index is 0.632. The van der Waals surface area contributed by atoms with Gasteiger partial charge < -0.3 is 0 Å². The largest absolute Gasteiger partial charge is 0.262 e. The van der Waals surface area contributed by atoms with Gasteiger partial charge in [-0.3, -0.25) is 4.99 Å². The van der Waals surface area contributed by atoms with E-state index in [1.807, 2.05) is 13.1 Å². The molecule has 0 saturated heterocycles. The standard InChI is InChI=1S/C9H13N/c1-8-4-3-5-9(2)10-7-6-8/h3,5-8H,4H2,1-2H3. The molecule has 1 aliphatic rings. The molecule has 1 unspecified atom stereocenters. The van der Waals surface area contributed by atoms with E-state index >= 15 is 0 Å². The van der Waals surface area contributed by atoms with Crippen LogP contribution in [0.25, 0.3) is 0 Å². The zero-order valence-corrected chi connectivity index (χ0v) is 6.54. The van der Waals surface area contributed by atoms with Crippen molar-refractivity contribution in [1.29, 1.82) is 0 Å². The van der Waals surface area contributed by atoms with E-state index in [2.05, 4.69) is 30.1 Å². The van der Waals surface area contributed by atoms with E-state index in [4.69, 9.17) is 0 Å². The molecule has 0 aromatic carbocycles. The molecule has 1 heterocycles. The predicted octanol–water partition coefficient (Wildman–Crippen LogP) is 2.56. The second-order valence-electron chi connectivity index (χ2n) is 2.73. The Morgan fingerprint density at radius 1 is 1.60 bits per heavy atom. The van der Waals surface area contributed by atoms with Gasteiger partial charge in [-0.25, -0.2) is 0 Å². The molecule has 0 radical (unpaired) electrons. The number of nitrogens with zero attached hydrogens (tertiary/aromatic N) is 1. The highest BCUT2D eigenvalue weighted by Gasteiger charge is 1.94.